The van der Waals surface area contributed by atoms with Gasteiger partial charge in [-0.2, -0.15) is 0 Å². The lowest BCUT2D eigenvalue weighted by Gasteiger charge is -2.33. The molecule has 1 aliphatic heterocycles. The molecule has 2 unspecified atom stereocenters. The van der Waals surface area contributed by atoms with Gasteiger partial charge >= 0.3 is 0 Å². The van der Waals surface area contributed by atoms with E-state index in [1.165, 1.54) is 0 Å². The molecule has 5 heteroatoms. The molecule has 3 rings (SSSR count). The quantitative estimate of drug-likeness (QED) is 0.829. The van der Waals surface area contributed by atoms with Crippen molar-refractivity contribution in [3.8, 4) is 5.75 Å². The maximum atomic E-state index is 12.7. The summed E-state index contributed by atoms with van der Waals surface area (Å²) in [5.74, 6) is 0.569. The maximum Gasteiger partial charge on any atom is 0.267 e. The van der Waals surface area contributed by atoms with E-state index in [0.29, 0.717) is 12.3 Å². The standard InChI is InChI=1S/C21H24N2O3/c1-15(17-9-5-4-6-10-17)22(3)20(24)13-14-23-18-11-7-8-12-19(18)26-16(2)21(23)25/h4-12,15-16H,13-14H2,1-3H3. The Morgan fingerprint density at radius 3 is 2.54 bits per heavy atom. The smallest absolute Gasteiger partial charge is 0.267 e. The highest BCUT2D eigenvalue weighted by molar-refractivity contribution is 6.00. The van der Waals surface area contributed by atoms with Gasteiger partial charge in [0.25, 0.3) is 5.91 Å². The molecule has 26 heavy (non-hydrogen) atoms. The van der Waals surface area contributed by atoms with Crippen LogP contribution in [-0.4, -0.2) is 36.4 Å². The summed E-state index contributed by atoms with van der Waals surface area (Å²) in [4.78, 5) is 28.5. The lowest BCUT2D eigenvalue weighted by atomic mass is 10.1. The van der Waals surface area contributed by atoms with Gasteiger partial charge in [-0.15, -0.1) is 0 Å². The van der Waals surface area contributed by atoms with E-state index < -0.39 is 6.10 Å². The number of ether oxygens (including phenoxy) is 1. The Balaban J connectivity index is 1.68. The lowest BCUT2D eigenvalue weighted by molar-refractivity contribution is -0.131. The van der Waals surface area contributed by atoms with Gasteiger partial charge in [0.15, 0.2) is 6.10 Å². The predicted molar refractivity (Wildman–Crippen MR) is 101 cm³/mol. The summed E-state index contributed by atoms with van der Waals surface area (Å²) in [6.07, 6.45) is -0.276. The summed E-state index contributed by atoms with van der Waals surface area (Å²) in [6, 6.07) is 17.3. The largest absolute Gasteiger partial charge is 0.479 e. The lowest BCUT2D eigenvalue weighted by Crippen LogP contribution is -2.46. The second-order valence-corrected chi connectivity index (χ2v) is 6.56. The Hall–Kier alpha value is -2.82. The minimum atomic E-state index is -0.541. The average Bonchev–Trinajstić information content (AvgIpc) is 2.67. The SMILES string of the molecule is CC1Oc2ccccc2N(CCC(=O)N(C)C(C)c2ccccc2)C1=O. The Bertz CT molecular complexity index is 791. The molecular formula is C21H24N2O3. The molecule has 0 radical (unpaired) electrons. The number of benzene rings is 2. The molecule has 0 aromatic heterocycles. The summed E-state index contributed by atoms with van der Waals surface area (Å²) >= 11 is 0. The van der Waals surface area contributed by atoms with E-state index in [0.717, 1.165) is 11.3 Å². The molecule has 1 heterocycles. The van der Waals surface area contributed by atoms with Gasteiger partial charge in [0.1, 0.15) is 5.75 Å². The molecule has 0 saturated carbocycles. The molecule has 0 bridgehead atoms. The first kappa shape index (κ1) is 18.0. The van der Waals surface area contributed by atoms with Crippen molar-refractivity contribution < 1.29 is 14.3 Å². The minimum Gasteiger partial charge on any atom is -0.479 e. The second kappa shape index (κ2) is 7.60. The molecule has 0 N–H and O–H groups in total. The van der Waals surface area contributed by atoms with Crippen LogP contribution in [0.4, 0.5) is 5.69 Å². The van der Waals surface area contributed by atoms with Crippen LogP contribution >= 0.6 is 0 Å². The Morgan fingerprint density at radius 2 is 1.81 bits per heavy atom. The van der Waals surface area contributed by atoms with Crippen molar-refractivity contribution in [1.29, 1.82) is 0 Å². The summed E-state index contributed by atoms with van der Waals surface area (Å²) in [6.45, 7) is 4.08. The number of amides is 2. The van der Waals surface area contributed by atoms with Crippen molar-refractivity contribution >= 4 is 17.5 Å². The van der Waals surface area contributed by atoms with Gasteiger partial charge in [-0.25, -0.2) is 0 Å². The first-order valence-corrected chi connectivity index (χ1v) is 8.86. The average molecular weight is 352 g/mol. The maximum absolute atomic E-state index is 12.7. The monoisotopic (exact) mass is 352 g/mol. The highest BCUT2D eigenvalue weighted by Gasteiger charge is 2.31. The molecule has 0 aliphatic carbocycles. The van der Waals surface area contributed by atoms with Crippen molar-refractivity contribution in [1.82, 2.24) is 4.90 Å². The van der Waals surface area contributed by atoms with E-state index in [2.05, 4.69) is 0 Å². The zero-order valence-corrected chi connectivity index (χ0v) is 15.4. The van der Waals surface area contributed by atoms with Gasteiger partial charge in [-0.3, -0.25) is 9.59 Å². The second-order valence-electron chi connectivity index (χ2n) is 6.56. The van der Waals surface area contributed by atoms with E-state index in [9.17, 15) is 9.59 Å². The molecule has 136 valence electrons. The molecule has 2 amide bonds. The number of carbonyl (C=O) groups excluding carboxylic acids is 2. The van der Waals surface area contributed by atoms with Crippen LogP contribution in [0.25, 0.3) is 0 Å². The van der Waals surface area contributed by atoms with Crippen molar-refractivity contribution in [2.45, 2.75) is 32.4 Å². The molecule has 0 fully saturated rings. The van der Waals surface area contributed by atoms with Crippen LogP contribution in [0.3, 0.4) is 0 Å². The van der Waals surface area contributed by atoms with Crippen molar-refractivity contribution in [3.05, 3.63) is 60.2 Å². The van der Waals surface area contributed by atoms with Gasteiger partial charge in [-0.05, 0) is 31.5 Å². The molecular weight excluding hydrogens is 328 g/mol. The molecule has 0 saturated heterocycles. The van der Waals surface area contributed by atoms with Crippen LogP contribution in [0.5, 0.6) is 5.75 Å². The Morgan fingerprint density at radius 1 is 1.15 bits per heavy atom. The van der Waals surface area contributed by atoms with E-state index in [-0.39, 0.29) is 24.3 Å². The third-order valence-electron chi connectivity index (χ3n) is 4.88. The Kier molecular flexibility index (Phi) is 5.26. The van der Waals surface area contributed by atoms with Crippen molar-refractivity contribution in [2.24, 2.45) is 0 Å². The number of rotatable bonds is 5. The van der Waals surface area contributed by atoms with Crippen LogP contribution in [0.15, 0.2) is 54.6 Å². The zero-order valence-electron chi connectivity index (χ0n) is 15.4. The molecule has 0 spiro atoms. The fourth-order valence-corrected chi connectivity index (χ4v) is 3.14. The molecule has 2 atom stereocenters. The third-order valence-corrected chi connectivity index (χ3v) is 4.88. The van der Waals surface area contributed by atoms with Gasteiger partial charge in [-0.1, -0.05) is 42.5 Å². The summed E-state index contributed by atoms with van der Waals surface area (Å²) in [5.41, 5.74) is 1.81. The number of hydrogen-bond donors (Lipinski definition) is 0. The summed E-state index contributed by atoms with van der Waals surface area (Å²) in [5, 5.41) is 0. The van der Waals surface area contributed by atoms with Gasteiger partial charge in [0.05, 0.1) is 11.7 Å². The van der Waals surface area contributed by atoms with E-state index in [4.69, 9.17) is 4.74 Å². The number of nitrogens with zero attached hydrogens (tertiary/aromatic N) is 2. The van der Waals surface area contributed by atoms with E-state index in [1.54, 1.807) is 23.8 Å². The number of anilines is 1. The molecule has 1 aliphatic rings. The number of carbonyl (C=O) groups is 2. The van der Waals surface area contributed by atoms with Crippen LogP contribution in [-0.2, 0) is 9.59 Å². The normalized spacial score (nSPS) is 17.3. The summed E-state index contributed by atoms with van der Waals surface area (Å²) in [7, 11) is 1.80. The third kappa shape index (κ3) is 3.57. The van der Waals surface area contributed by atoms with Crippen molar-refractivity contribution in [3.63, 3.8) is 0 Å². The first-order valence-electron chi connectivity index (χ1n) is 8.86. The van der Waals surface area contributed by atoms with Crippen LogP contribution in [0, 0.1) is 0 Å². The summed E-state index contributed by atoms with van der Waals surface area (Å²) < 4.78 is 5.64. The molecule has 5 nitrogen and oxygen atoms in total. The molecule has 2 aromatic rings. The highest BCUT2D eigenvalue weighted by atomic mass is 16.5. The number of fused-ring (bicyclic) bond motifs is 1. The predicted octanol–water partition coefficient (Wildman–Crippen LogP) is 3.41. The van der Waals surface area contributed by atoms with Crippen LogP contribution < -0.4 is 9.64 Å². The fourth-order valence-electron chi connectivity index (χ4n) is 3.14. The van der Waals surface area contributed by atoms with Crippen molar-refractivity contribution in [2.75, 3.05) is 18.5 Å². The fraction of sp³-hybridized carbons (Fsp3) is 0.333. The van der Waals surface area contributed by atoms with Gasteiger partial charge < -0.3 is 14.5 Å². The number of hydrogen-bond acceptors (Lipinski definition) is 3. The topological polar surface area (TPSA) is 49.9 Å². The number of para-hydroxylation sites is 2. The van der Waals surface area contributed by atoms with E-state index in [1.807, 2.05) is 61.5 Å². The molecule has 2 aromatic carbocycles. The van der Waals surface area contributed by atoms with E-state index >= 15 is 0 Å². The van der Waals surface area contributed by atoms with Gasteiger partial charge in [0.2, 0.25) is 5.91 Å². The Labute approximate surface area is 154 Å². The van der Waals surface area contributed by atoms with Crippen LogP contribution in [0.1, 0.15) is 31.9 Å². The zero-order chi connectivity index (χ0) is 18.7. The van der Waals surface area contributed by atoms with Gasteiger partial charge in [0, 0.05) is 20.0 Å². The highest BCUT2D eigenvalue weighted by Crippen LogP contribution is 2.33. The minimum absolute atomic E-state index is 0.00535. The van der Waals surface area contributed by atoms with Crippen LogP contribution in [0.2, 0.25) is 0 Å². The first-order chi connectivity index (χ1) is 12.5.